The zero-order valence-electron chi connectivity index (χ0n) is 17.7. The van der Waals surface area contributed by atoms with Crippen LogP contribution in [0.5, 0.6) is 0 Å². The Kier molecular flexibility index (Phi) is 5.20. The van der Waals surface area contributed by atoms with Crippen molar-refractivity contribution in [2.24, 2.45) is 5.41 Å². The molecule has 1 atom stereocenters. The molecule has 0 saturated carbocycles. The molecule has 0 aromatic heterocycles. The van der Waals surface area contributed by atoms with Gasteiger partial charge in [0.05, 0.1) is 16.8 Å². The molecule has 164 valence electrons. The number of benzene rings is 2. The highest BCUT2D eigenvalue weighted by Crippen LogP contribution is 2.50. The van der Waals surface area contributed by atoms with E-state index < -0.39 is 29.0 Å². The average molecular weight is 438 g/mol. The van der Waals surface area contributed by atoms with Gasteiger partial charge in [0.1, 0.15) is 6.07 Å². The molecular weight excluding hydrogens is 417 g/mol. The van der Waals surface area contributed by atoms with E-state index >= 15 is 0 Å². The van der Waals surface area contributed by atoms with Gasteiger partial charge >= 0.3 is 6.18 Å². The average Bonchev–Trinajstić information content (AvgIpc) is 2.71. The Balaban J connectivity index is 1.97. The van der Waals surface area contributed by atoms with E-state index in [0.717, 1.165) is 6.07 Å². The number of halogens is 3. The molecule has 1 unspecified atom stereocenters. The zero-order chi connectivity index (χ0) is 23.3. The van der Waals surface area contributed by atoms with Crippen LogP contribution >= 0.6 is 0 Å². The number of rotatable bonds is 2. The summed E-state index contributed by atoms with van der Waals surface area (Å²) in [7, 11) is 0. The van der Waals surface area contributed by atoms with Crippen molar-refractivity contribution in [2.75, 3.05) is 4.90 Å². The monoisotopic (exact) mass is 438 g/mol. The van der Waals surface area contributed by atoms with E-state index in [-0.39, 0.29) is 35.3 Å². The summed E-state index contributed by atoms with van der Waals surface area (Å²) in [4.78, 5) is 28.0. The van der Waals surface area contributed by atoms with Crippen molar-refractivity contribution in [3.05, 3.63) is 76.5 Å². The quantitative estimate of drug-likeness (QED) is 0.601. The molecule has 1 amide bonds. The smallest absolute Gasteiger partial charge is 0.294 e. The number of alkyl halides is 3. The van der Waals surface area contributed by atoms with Gasteiger partial charge in [-0.1, -0.05) is 44.2 Å². The van der Waals surface area contributed by atoms with Crippen molar-refractivity contribution in [2.45, 2.75) is 45.2 Å². The van der Waals surface area contributed by atoms with Crippen LogP contribution in [0.4, 0.5) is 18.9 Å². The van der Waals surface area contributed by atoms with Crippen LogP contribution in [0.15, 0.2) is 59.8 Å². The van der Waals surface area contributed by atoms with Crippen LogP contribution in [-0.4, -0.2) is 11.7 Å². The van der Waals surface area contributed by atoms with Gasteiger partial charge in [0, 0.05) is 30.0 Å². The maximum Gasteiger partial charge on any atom is 0.416 e. The molecule has 1 aliphatic carbocycles. The Morgan fingerprint density at radius 2 is 1.69 bits per heavy atom. The van der Waals surface area contributed by atoms with Crippen LogP contribution in [0.2, 0.25) is 0 Å². The zero-order valence-corrected chi connectivity index (χ0v) is 17.7. The molecule has 4 nitrogen and oxygen atoms in total. The van der Waals surface area contributed by atoms with E-state index in [1.54, 1.807) is 24.3 Å². The van der Waals surface area contributed by atoms with E-state index in [1.807, 2.05) is 13.8 Å². The predicted molar refractivity (Wildman–Crippen MR) is 112 cm³/mol. The van der Waals surface area contributed by atoms with Crippen LogP contribution in [0.3, 0.4) is 0 Å². The summed E-state index contributed by atoms with van der Waals surface area (Å²) in [6, 6.07) is 13.7. The SMILES string of the molecule is CC1(C)CC(=O)C2=C(C1)N(c1ccccc1C#N)C(=O)CC2c1ccccc1C(F)(F)F. The third-order valence-electron chi connectivity index (χ3n) is 6.05. The summed E-state index contributed by atoms with van der Waals surface area (Å²) in [6.07, 6.45) is -4.37. The van der Waals surface area contributed by atoms with Crippen molar-refractivity contribution in [3.63, 3.8) is 0 Å². The first kappa shape index (κ1) is 21.8. The first-order chi connectivity index (χ1) is 15.0. The second-order valence-electron chi connectivity index (χ2n) is 9.00. The molecule has 0 N–H and O–H groups in total. The number of allylic oxidation sites excluding steroid dienone is 2. The molecule has 0 fully saturated rings. The number of ketones is 1. The van der Waals surface area contributed by atoms with Crippen molar-refractivity contribution < 1.29 is 22.8 Å². The molecule has 0 radical (unpaired) electrons. The fraction of sp³-hybridized carbons (Fsp3) is 0.320. The highest BCUT2D eigenvalue weighted by molar-refractivity contribution is 6.08. The van der Waals surface area contributed by atoms with Crippen LogP contribution in [-0.2, 0) is 15.8 Å². The minimum absolute atomic E-state index is 0.0675. The molecular formula is C25H21F3N2O2. The maximum atomic E-state index is 13.8. The van der Waals surface area contributed by atoms with Gasteiger partial charge in [0.25, 0.3) is 0 Å². The van der Waals surface area contributed by atoms with Crippen LogP contribution < -0.4 is 4.90 Å². The topological polar surface area (TPSA) is 61.2 Å². The van der Waals surface area contributed by atoms with Crippen LogP contribution in [0.1, 0.15) is 55.7 Å². The Labute approximate surface area is 184 Å². The number of para-hydroxylation sites is 1. The fourth-order valence-corrected chi connectivity index (χ4v) is 4.78. The van der Waals surface area contributed by atoms with Gasteiger partial charge in [0.2, 0.25) is 5.91 Å². The van der Waals surface area contributed by atoms with Crippen LogP contribution in [0.25, 0.3) is 0 Å². The third-order valence-corrected chi connectivity index (χ3v) is 6.05. The minimum atomic E-state index is -4.61. The Hall–Kier alpha value is -3.40. The standard InChI is InChI=1S/C25H21F3N2O2/c1-24(2)12-20-23(21(31)13-24)17(16-8-4-5-9-18(16)25(26,27)28)11-22(32)30(20)19-10-6-3-7-15(19)14-29/h3-10,17H,11-13H2,1-2H3. The fourth-order valence-electron chi connectivity index (χ4n) is 4.78. The largest absolute Gasteiger partial charge is 0.416 e. The molecule has 1 aliphatic heterocycles. The van der Waals surface area contributed by atoms with Crippen molar-refractivity contribution in [1.82, 2.24) is 0 Å². The van der Waals surface area contributed by atoms with Gasteiger partial charge in [-0.3, -0.25) is 14.5 Å². The summed E-state index contributed by atoms with van der Waals surface area (Å²) in [5.41, 5.74) is -0.129. The lowest BCUT2D eigenvalue weighted by atomic mass is 9.68. The lowest BCUT2D eigenvalue weighted by Crippen LogP contribution is -2.44. The highest BCUT2D eigenvalue weighted by Gasteiger charge is 2.46. The van der Waals surface area contributed by atoms with E-state index in [4.69, 9.17) is 0 Å². The first-order valence-corrected chi connectivity index (χ1v) is 10.3. The molecule has 32 heavy (non-hydrogen) atoms. The Morgan fingerprint density at radius 1 is 1.03 bits per heavy atom. The van der Waals surface area contributed by atoms with Gasteiger partial charge in [0.15, 0.2) is 5.78 Å². The number of hydrogen-bond acceptors (Lipinski definition) is 3. The number of nitrogens with zero attached hydrogens (tertiary/aromatic N) is 2. The summed E-state index contributed by atoms with van der Waals surface area (Å²) in [5, 5.41) is 9.55. The van der Waals surface area contributed by atoms with Crippen molar-refractivity contribution >= 4 is 17.4 Å². The van der Waals surface area contributed by atoms with Gasteiger partial charge in [-0.15, -0.1) is 0 Å². The molecule has 7 heteroatoms. The van der Waals surface area contributed by atoms with Crippen molar-refractivity contribution in [3.8, 4) is 6.07 Å². The normalized spacial score (nSPS) is 20.8. The second-order valence-corrected chi connectivity index (χ2v) is 9.00. The molecule has 0 bridgehead atoms. The number of hydrogen-bond donors (Lipinski definition) is 0. The number of Topliss-reactive ketones (excluding diaryl/α,β-unsaturated/α-hetero) is 1. The van der Waals surface area contributed by atoms with Crippen LogP contribution in [0, 0.1) is 16.7 Å². The lowest BCUT2D eigenvalue weighted by molar-refractivity contribution is -0.138. The van der Waals surface area contributed by atoms with Crippen molar-refractivity contribution in [1.29, 1.82) is 5.26 Å². The molecule has 1 heterocycles. The summed E-state index contributed by atoms with van der Waals surface area (Å²) in [5.74, 6) is -1.67. The Bertz CT molecular complexity index is 1190. The third kappa shape index (κ3) is 3.70. The van der Waals surface area contributed by atoms with Gasteiger partial charge in [-0.05, 0) is 35.6 Å². The second kappa shape index (κ2) is 7.63. The Morgan fingerprint density at radius 3 is 2.38 bits per heavy atom. The van der Waals surface area contributed by atoms with E-state index in [1.165, 1.54) is 23.1 Å². The molecule has 4 rings (SSSR count). The van der Waals surface area contributed by atoms with Gasteiger partial charge < -0.3 is 0 Å². The molecule has 2 aromatic carbocycles. The molecule has 2 aromatic rings. The number of carbonyl (C=O) groups is 2. The van der Waals surface area contributed by atoms with Gasteiger partial charge in [-0.25, -0.2) is 0 Å². The first-order valence-electron chi connectivity index (χ1n) is 10.3. The predicted octanol–water partition coefficient (Wildman–Crippen LogP) is 5.74. The summed E-state index contributed by atoms with van der Waals surface area (Å²) < 4.78 is 41.3. The maximum absolute atomic E-state index is 13.8. The molecule has 2 aliphatic rings. The number of amides is 1. The number of carbonyl (C=O) groups excluding carboxylic acids is 2. The highest BCUT2D eigenvalue weighted by atomic mass is 19.4. The molecule has 0 saturated heterocycles. The number of nitriles is 1. The lowest BCUT2D eigenvalue weighted by Gasteiger charge is -2.43. The summed E-state index contributed by atoms with van der Waals surface area (Å²) >= 11 is 0. The van der Waals surface area contributed by atoms with E-state index in [0.29, 0.717) is 17.8 Å². The van der Waals surface area contributed by atoms with E-state index in [9.17, 15) is 28.0 Å². The minimum Gasteiger partial charge on any atom is -0.294 e. The summed E-state index contributed by atoms with van der Waals surface area (Å²) in [6.45, 7) is 3.78. The van der Waals surface area contributed by atoms with E-state index in [2.05, 4.69) is 6.07 Å². The number of anilines is 1. The van der Waals surface area contributed by atoms with Gasteiger partial charge in [-0.2, -0.15) is 18.4 Å². The molecule has 0 spiro atoms.